The van der Waals surface area contributed by atoms with E-state index in [0.717, 1.165) is 29.8 Å². The Balaban J connectivity index is 1.59. The van der Waals surface area contributed by atoms with Crippen molar-refractivity contribution in [1.29, 1.82) is 0 Å². The summed E-state index contributed by atoms with van der Waals surface area (Å²) in [6.07, 6.45) is 0.782. The number of urea groups is 1. The highest BCUT2D eigenvalue weighted by atomic mass is 32.2. The van der Waals surface area contributed by atoms with E-state index in [2.05, 4.69) is 20.8 Å². The smallest absolute Gasteiger partial charge is 0.318 e. The molecule has 1 saturated carbocycles. The minimum absolute atomic E-state index is 0.0277. The molecule has 0 bridgehead atoms. The van der Waals surface area contributed by atoms with E-state index in [1.54, 1.807) is 33.2 Å². The molecule has 2 aromatic carbocycles. The molecule has 1 heterocycles. The minimum atomic E-state index is -4.08. The third-order valence-corrected chi connectivity index (χ3v) is 11.9. The zero-order valence-electron chi connectivity index (χ0n) is 31.9. The molecule has 14 nitrogen and oxygen atoms in total. The Morgan fingerprint density at radius 3 is 2.35 bits per heavy atom. The van der Waals surface area contributed by atoms with Crippen LogP contribution in [0.25, 0.3) is 0 Å². The number of rotatable bonds is 20. The maximum atomic E-state index is 14.3. The number of hydrogen-bond donors (Lipinski definition) is 3. The van der Waals surface area contributed by atoms with Gasteiger partial charge in [0.2, 0.25) is 15.9 Å². The molecule has 3 N–H and O–H groups in total. The molecule has 0 spiro atoms. The Morgan fingerprint density at radius 1 is 1.07 bits per heavy atom. The number of aliphatic hydroxyl groups is 1. The van der Waals surface area contributed by atoms with Crippen LogP contribution >= 0.6 is 11.3 Å². The van der Waals surface area contributed by atoms with Crippen molar-refractivity contribution in [2.24, 2.45) is 11.1 Å². The number of amides is 3. The number of aromatic nitrogens is 1. The Hall–Kier alpha value is -3.80. The first-order valence-corrected chi connectivity index (χ1v) is 20.4. The van der Waals surface area contributed by atoms with Crippen LogP contribution in [-0.4, -0.2) is 96.8 Å². The van der Waals surface area contributed by atoms with Gasteiger partial charge in [-0.2, -0.15) is 9.21 Å². The molecule has 54 heavy (non-hydrogen) atoms. The molecule has 3 aromatic rings. The zero-order valence-corrected chi connectivity index (χ0v) is 33.6. The number of methoxy groups -OCH3 is 1. The van der Waals surface area contributed by atoms with Gasteiger partial charge in [-0.1, -0.05) is 54.1 Å². The summed E-state index contributed by atoms with van der Waals surface area (Å²) in [7, 11) is -0.898. The van der Waals surface area contributed by atoms with E-state index in [1.165, 1.54) is 32.7 Å². The lowest BCUT2D eigenvalue weighted by molar-refractivity contribution is -0.132. The van der Waals surface area contributed by atoms with E-state index in [4.69, 9.17) is 9.47 Å². The van der Waals surface area contributed by atoms with Crippen molar-refractivity contribution in [3.63, 3.8) is 0 Å². The SMILES string of the molecule is COCc1nc(CN(C)C(=O)N[C@H](C(=O)N[C@@H](Cc2ccccc2)[C@H](O)CN(CC2CCC2)S(=O)(=O)c2ccc(CN=O)cc2)[C@H](C)OC(C)(C)C)cs1. The van der Waals surface area contributed by atoms with Crippen molar-refractivity contribution in [2.75, 3.05) is 27.2 Å². The predicted octanol–water partition coefficient (Wildman–Crippen LogP) is 4.85. The summed E-state index contributed by atoms with van der Waals surface area (Å²) >= 11 is 1.42. The second kappa shape index (κ2) is 19.7. The fourth-order valence-corrected chi connectivity index (χ4v) is 8.46. The van der Waals surface area contributed by atoms with Crippen LogP contribution in [0.5, 0.6) is 0 Å². The summed E-state index contributed by atoms with van der Waals surface area (Å²) in [5.41, 5.74) is 1.40. The molecular formula is C38H54N6O8S2. The Labute approximate surface area is 322 Å². The van der Waals surface area contributed by atoms with Crippen LogP contribution in [0.15, 0.2) is 70.0 Å². The molecule has 0 radical (unpaired) electrons. The molecule has 4 atom stereocenters. The first-order chi connectivity index (χ1) is 25.6. The Morgan fingerprint density at radius 2 is 1.76 bits per heavy atom. The van der Waals surface area contributed by atoms with Crippen molar-refractivity contribution in [3.05, 3.63) is 86.7 Å². The zero-order chi connectivity index (χ0) is 39.5. The lowest BCUT2D eigenvalue weighted by Crippen LogP contribution is -2.60. The molecule has 1 aliphatic rings. The molecule has 16 heteroatoms. The molecular weight excluding hydrogens is 733 g/mol. The fraction of sp³-hybridized carbons (Fsp3) is 0.553. The number of thiazole rings is 1. The van der Waals surface area contributed by atoms with Crippen LogP contribution < -0.4 is 10.6 Å². The summed E-state index contributed by atoms with van der Waals surface area (Å²) in [6.45, 7) is 7.61. The summed E-state index contributed by atoms with van der Waals surface area (Å²) in [5, 5.41) is 23.2. The van der Waals surface area contributed by atoms with Gasteiger partial charge in [-0.15, -0.1) is 11.3 Å². The van der Waals surface area contributed by atoms with Crippen molar-refractivity contribution in [3.8, 4) is 0 Å². The molecule has 1 fully saturated rings. The van der Waals surface area contributed by atoms with Gasteiger partial charge in [0, 0.05) is 32.6 Å². The lowest BCUT2D eigenvalue weighted by atomic mass is 9.85. The van der Waals surface area contributed by atoms with Gasteiger partial charge in [-0.05, 0) is 76.1 Å². The van der Waals surface area contributed by atoms with Gasteiger partial charge in [-0.25, -0.2) is 18.2 Å². The van der Waals surface area contributed by atoms with Crippen LogP contribution in [0.1, 0.15) is 68.8 Å². The number of sulfonamides is 1. The molecule has 0 unspecified atom stereocenters. The number of nitrogens with one attached hydrogen (secondary N) is 2. The van der Waals surface area contributed by atoms with Crippen LogP contribution in [0.3, 0.4) is 0 Å². The van der Waals surface area contributed by atoms with Gasteiger partial charge >= 0.3 is 6.03 Å². The minimum Gasteiger partial charge on any atom is -0.390 e. The first kappa shape index (κ1) is 42.9. The molecule has 4 rings (SSSR count). The molecule has 0 aliphatic heterocycles. The number of nitrogens with zero attached hydrogens (tertiary/aromatic N) is 4. The van der Waals surface area contributed by atoms with Crippen LogP contribution in [0.4, 0.5) is 4.79 Å². The maximum Gasteiger partial charge on any atom is 0.318 e. The van der Waals surface area contributed by atoms with E-state index < -0.39 is 51.9 Å². The first-order valence-electron chi connectivity index (χ1n) is 18.1. The highest BCUT2D eigenvalue weighted by Crippen LogP contribution is 2.30. The van der Waals surface area contributed by atoms with Gasteiger partial charge in [-0.3, -0.25) is 4.79 Å². The van der Waals surface area contributed by atoms with Crippen molar-refractivity contribution >= 4 is 33.3 Å². The monoisotopic (exact) mass is 786 g/mol. The van der Waals surface area contributed by atoms with E-state index in [0.29, 0.717) is 17.9 Å². The van der Waals surface area contributed by atoms with Gasteiger partial charge in [0.05, 0.1) is 47.6 Å². The summed E-state index contributed by atoms with van der Waals surface area (Å²) in [4.78, 5) is 44.5. The van der Waals surface area contributed by atoms with Gasteiger partial charge in [0.1, 0.15) is 17.6 Å². The number of aliphatic hydroxyl groups excluding tert-OH is 1. The van der Waals surface area contributed by atoms with Crippen molar-refractivity contribution < 1.29 is 32.6 Å². The Kier molecular flexibility index (Phi) is 15.7. The molecule has 1 aliphatic carbocycles. The lowest BCUT2D eigenvalue weighted by Gasteiger charge is -2.36. The fourth-order valence-electron chi connectivity index (χ4n) is 6.18. The predicted molar refractivity (Wildman–Crippen MR) is 207 cm³/mol. The average Bonchev–Trinajstić information content (AvgIpc) is 3.54. The Bertz CT molecular complexity index is 1760. The highest BCUT2D eigenvalue weighted by molar-refractivity contribution is 7.89. The van der Waals surface area contributed by atoms with Gasteiger partial charge < -0.3 is 30.1 Å². The quantitative estimate of drug-likeness (QED) is 0.135. The van der Waals surface area contributed by atoms with E-state index in [-0.39, 0.29) is 43.4 Å². The molecule has 0 saturated heterocycles. The number of nitroso groups, excluding NO2 is 1. The normalized spacial score (nSPS) is 15.9. The molecule has 296 valence electrons. The average molecular weight is 787 g/mol. The number of carbonyl (C=O) groups is 2. The third kappa shape index (κ3) is 12.6. The highest BCUT2D eigenvalue weighted by Gasteiger charge is 2.37. The summed E-state index contributed by atoms with van der Waals surface area (Å²) in [5.74, 6) is -0.465. The van der Waals surface area contributed by atoms with Gasteiger partial charge in [0.25, 0.3) is 0 Å². The molecule has 1 aromatic heterocycles. The number of ether oxygens (including phenoxy) is 2. The van der Waals surface area contributed by atoms with Crippen LogP contribution in [-0.2, 0) is 50.4 Å². The van der Waals surface area contributed by atoms with E-state index >= 15 is 0 Å². The van der Waals surface area contributed by atoms with Crippen LogP contribution in [0.2, 0.25) is 0 Å². The number of benzene rings is 2. The van der Waals surface area contributed by atoms with E-state index in [9.17, 15) is 28.0 Å². The third-order valence-electron chi connectivity index (χ3n) is 9.16. The maximum absolute atomic E-state index is 14.3. The second-order valence-electron chi connectivity index (χ2n) is 14.8. The van der Waals surface area contributed by atoms with Crippen molar-refractivity contribution in [1.82, 2.24) is 24.8 Å². The molecule has 3 amide bonds. The largest absolute Gasteiger partial charge is 0.390 e. The summed E-state index contributed by atoms with van der Waals surface area (Å²) in [6, 6.07) is 12.6. The second-order valence-corrected chi connectivity index (χ2v) is 17.7. The standard InChI is InChI=1S/C38H54N6O8S2/c1-26(52-38(2,3)4)35(42-37(47)43(5)22-30-25-53-34(40-30)24-51-6)36(46)41-32(19-27-11-8-7-9-12-27)33(45)23-44(21-29-13-10-14-29)54(49,50)31-17-15-28(16-18-31)20-39-48/h7-9,11-12,15-18,25-26,29,32-33,35,45H,10,13-14,19-24H2,1-6H3,(H,41,46)(H,42,47)/t26-,32-,33+,35-/m0/s1. The topological polar surface area (TPSA) is 180 Å². The van der Waals surface area contributed by atoms with Crippen LogP contribution in [0, 0.1) is 10.8 Å². The number of hydrogen-bond acceptors (Lipinski definition) is 11. The van der Waals surface area contributed by atoms with Gasteiger partial charge in [0.15, 0.2) is 0 Å². The number of carbonyl (C=O) groups excluding carboxylic acids is 2. The van der Waals surface area contributed by atoms with Crippen molar-refractivity contribution in [2.45, 2.75) is 108 Å². The summed E-state index contributed by atoms with van der Waals surface area (Å²) < 4.78 is 40.7. The van der Waals surface area contributed by atoms with E-state index in [1.807, 2.05) is 56.5 Å².